The van der Waals surface area contributed by atoms with E-state index in [4.69, 9.17) is 17.2 Å². The molecule has 7 N–H and O–H groups in total. The second kappa shape index (κ2) is 7.31. The van der Waals surface area contributed by atoms with Gasteiger partial charge in [-0.2, -0.15) is 0 Å². The molecule has 0 saturated carbocycles. The van der Waals surface area contributed by atoms with Crippen LogP contribution in [0, 0.1) is 0 Å². The third-order valence-electron chi connectivity index (χ3n) is 2.74. The molecule has 0 radical (unpaired) electrons. The Hall–Kier alpha value is -2.33. The Balaban J connectivity index is 0.00000200. The van der Waals surface area contributed by atoms with Crippen LogP contribution >= 0.6 is 12.4 Å². The second-order valence-electron chi connectivity index (χ2n) is 4.29. The predicted octanol–water partition coefficient (Wildman–Crippen LogP) is 2.98. The molecule has 0 amide bonds. The molecule has 0 aliphatic rings. The first-order chi connectivity index (χ1) is 9.15. The van der Waals surface area contributed by atoms with Gasteiger partial charge in [-0.15, -0.1) is 12.4 Å². The average molecular weight is 291 g/mol. The van der Waals surface area contributed by atoms with Gasteiger partial charge in [-0.1, -0.05) is 12.2 Å². The summed E-state index contributed by atoms with van der Waals surface area (Å²) in [6.45, 7) is 0.707. The van der Waals surface area contributed by atoms with Gasteiger partial charge in [0.1, 0.15) is 0 Å². The van der Waals surface area contributed by atoms with Gasteiger partial charge in [0.15, 0.2) is 0 Å². The monoisotopic (exact) mass is 290 g/mol. The highest BCUT2D eigenvalue weighted by atomic mass is 35.5. The molecule has 4 nitrogen and oxygen atoms in total. The van der Waals surface area contributed by atoms with Crippen LogP contribution in [0.4, 0.5) is 22.7 Å². The Morgan fingerprint density at radius 3 is 2.25 bits per heavy atom. The van der Waals surface area contributed by atoms with Crippen molar-refractivity contribution in [3.05, 3.63) is 54.1 Å². The zero-order valence-electron chi connectivity index (χ0n) is 11.0. The molecule has 106 valence electrons. The molecular formula is C15H19ClN4. The van der Waals surface area contributed by atoms with Crippen LogP contribution in [0.25, 0.3) is 6.08 Å². The predicted molar refractivity (Wildman–Crippen MR) is 90.9 cm³/mol. The molecule has 0 spiro atoms. The van der Waals surface area contributed by atoms with E-state index in [1.165, 1.54) is 0 Å². The molecule has 2 rings (SSSR count). The highest BCUT2D eigenvalue weighted by Crippen LogP contribution is 2.17. The summed E-state index contributed by atoms with van der Waals surface area (Å²) in [5.41, 5.74) is 21.3. The molecule has 0 aromatic heterocycles. The summed E-state index contributed by atoms with van der Waals surface area (Å²) >= 11 is 0. The van der Waals surface area contributed by atoms with Crippen LogP contribution in [0.1, 0.15) is 5.56 Å². The fourth-order valence-electron chi connectivity index (χ4n) is 1.70. The third-order valence-corrected chi connectivity index (χ3v) is 2.74. The first kappa shape index (κ1) is 15.7. The van der Waals surface area contributed by atoms with Crippen molar-refractivity contribution in [2.75, 3.05) is 29.1 Å². The van der Waals surface area contributed by atoms with Crippen LogP contribution in [0.15, 0.2) is 48.5 Å². The van der Waals surface area contributed by atoms with E-state index in [1.54, 1.807) is 6.07 Å². The largest absolute Gasteiger partial charge is 0.399 e. The number of benzene rings is 2. The van der Waals surface area contributed by atoms with Crippen LogP contribution in [0.3, 0.4) is 0 Å². The number of hydrogen-bond donors (Lipinski definition) is 4. The normalized spacial score (nSPS) is 10.2. The Kier molecular flexibility index (Phi) is 5.74. The summed E-state index contributed by atoms with van der Waals surface area (Å²) < 4.78 is 0. The molecule has 0 aliphatic carbocycles. The summed E-state index contributed by atoms with van der Waals surface area (Å²) in [5, 5.41) is 3.26. The summed E-state index contributed by atoms with van der Waals surface area (Å²) in [6.07, 6.45) is 3.96. The van der Waals surface area contributed by atoms with E-state index in [9.17, 15) is 0 Å². The lowest BCUT2D eigenvalue weighted by molar-refractivity contribution is 1.34. The molecule has 5 heteroatoms. The Bertz CT molecular complexity index is 579. The molecule has 0 unspecified atom stereocenters. The van der Waals surface area contributed by atoms with Crippen LogP contribution in [-0.4, -0.2) is 6.54 Å². The van der Waals surface area contributed by atoms with Crippen molar-refractivity contribution in [3.8, 4) is 0 Å². The minimum atomic E-state index is 0. The van der Waals surface area contributed by atoms with Crippen molar-refractivity contribution in [2.45, 2.75) is 0 Å². The molecule has 0 fully saturated rings. The lowest BCUT2D eigenvalue weighted by atomic mass is 10.1. The highest BCUT2D eigenvalue weighted by molar-refractivity contribution is 5.85. The fourth-order valence-corrected chi connectivity index (χ4v) is 1.70. The van der Waals surface area contributed by atoms with Crippen molar-refractivity contribution in [1.82, 2.24) is 0 Å². The molecular weight excluding hydrogens is 272 g/mol. The summed E-state index contributed by atoms with van der Waals surface area (Å²) in [4.78, 5) is 0. The van der Waals surface area contributed by atoms with E-state index in [-0.39, 0.29) is 12.4 Å². The van der Waals surface area contributed by atoms with Gasteiger partial charge >= 0.3 is 0 Å². The molecule has 0 aliphatic heterocycles. The average Bonchev–Trinajstić information content (AvgIpc) is 2.40. The highest BCUT2D eigenvalue weighted by Gasteiger charge is 1.95. The van der Waals surface area contributed by atoms with Gasteiger partial charge in [0, 0.05) is 29.3 Å². The minimum Gasteiger partial charge on any atom is -0.399 e. The first-order valence-corrected chi connectivity index (χ1v) is 6.06. The van der Waals surface area contributed by atoms with E-state index in [1.807, 2.05) is 48.6 Å². The van der Waals surface area contributed by atoms with Crippen molar-refractivity contribution in [2.24, 2.45) is 0 Å². The Morgan fingerprint density at radius 1 is 0.900 bits per heavy atom. The van der Waals surface area contributed by atoms with E-state index >= 15 is 0 Å². The fraction of sp³-hybridized carbons (Fsp3) is 0.0667. The number of rotatable bonds is 4. The van der Waals surface area contributed by atoms with Gasteiger partial charge in [-0.25, -0.2) is 0 Å². The SMILES string of the molecule is Cl.Nc1ccc(NC/C=C/c2cc(N)ccc2N)cc1. The van der Waals surface area contributed by atoms with Crippen molar-refractivity contribution >= 4 is 41.2 Å². The van der Waals surface area contributed by atoms with Crippen LogP contribution in [0.5, 0.6) is 0 Å². The molecule has 0 heterocycles. The van der Waals surface area contributed by atoms with Gasteiger partial charge in [-0.05, 0) is 48.0 Å². The maximum atomic E-state index is 5.86. The Morgan fingerprint density at radius 2 is 1.55 bits per heavy atom. The standard InChI is InChI=1S/C15H18N4.ClH/c16-12-3-6-14(7-4-12)19-9-1-2-11-10-13(17)5-8-15(11)18;/h1-8,10,19H,9,16-18H2;1H/b2-1+;. The number of nitrogens with one attached hydrogen (secondary N) is 1. The van der Waals surface area contributed by atoms with Gasteiger partial charge in [0.05, 0.1) is 0 Å². The minimum absolute atomic E-state index is 0. The topological polar surface area (TPSA) is 90.1 Å². The number of nitrogen functional groups attached to an aromatic ring is 3. The molecule has 2 aromatic rings. The quantitative estimate of drug-likeness (QED) is 0.652. The van der Waals surface area contributed by atoms with Crippen LogP contribution in [0.2, 0.25) is 0 Å². The third kappa shape index (κ3) is 4.40. The molecule has 0 saturated heterocycles. The van der Waals surface area contributed by atoms with E-state index in [0.717, 1.165) is 22.6 Å². The molecule has 2 aromatic carbocycles. The van der Waals surface area contributed by atoms with Gasteiger partial charge in [0.25, 0.3) is 0 Å². The summed E-state index contributed by atoms with van der Waals surface area (Å²) in [5.74, 6) is 0. The lowest BCUT2D eigenvalue weighted by Crippen LogP contribution is -1.98. The number of hydrogen-bond acceptors (Lipinski definition) is 4. The molecule has 0 atom stereocenters. The van der Waals surface area contributed by atoms with Crippen molar-refractivity contribution < 1.29 is 0 Å². The van der Waals surface area contributed by atoms with Gasteiger partial charge in [0.2, 0.25) is 0 Å². The van der Waals surface area contributed by atoms with E-state index < -0.39 is 0 Å². The van der Waals surface area contributed by atoms with E-state index in [2.05, 4.69) is 5.32 Å². The number of anilines is 4. The van der Waals surface area contributed by atoms with Gasteiger partial charge < -0.3 is 22.5 Å². The molecule has 20 heavy (non-hydrogen) atoms. The maximum Gasteiger partial charge on any atom is 0.0389 e. The lowest BCUT2D eigenvalue weighted by Gasteiger charge is -2.04. The van der Waals surface area contributed by atoms with Crippen LogP contribution in [-0.2, 0) is 0 Å². The number of nitrogens with two attached hydrogens (primary N) is 3. The zero-order valence-corrected chi connectivity index (χ0v) is 11.9. The maximum absolute atomic E-state index is 5.86. The zero-order chi connectivity index (χ0) is 13.7. The number of halogens is 1. The first-order valence-electron chi connectivity index (χ1n) is 6.06. The van der Waals surface area contributed by atoms with Crippen molar-refractivity contribution in [1.29, 1.82) is 0 Å². The summed E-state index contributed by atoms with van der Waals surface area (Å²) in [6, 6.07) is 13.1. The van der Waals surface area contributed by atoms with Gasteiger partial charge in [-0.3, -0.25) is 0 Å². The van der Waals surface area contributed by atoms with E-state index in [0.29, 0.717) is 12.2 Å². The Labute approximate surface area is 125 Å². The van der Waals surface area contributed by atoms with Crippen molar-refractivity contribution in [3.63, 3.8) is 0 Å². The molecule has 0 bridgehead atoms. The second-order valence-corrected chi connectivity index (χ2v) is 4.29. The van der Waals surface area contributed by atoms with Crippen LogP contribution < -0.4 is 22.5 Å². The smallest absolute Gasteiger partial charge is 0.0389 e. The summed E-state index contributed by atoms with van der Waals surface area (Å²) in [7, 11) is 0.